The van der Waals surface area contributed by atoms with Crippen LogP contribution in [0.5, 0.6) is 0 Å². The second kappa shape index (κ2) is 8.44. The first kappa shape index (κ1) is 19.4. The van der Waals surface area contributed by atoms with E-state index in [-0.39, 0.29) is 23.1 Å². The van der Waals surface area contributed by atoms with Gasteiger partial charge in [0.15, 0.2) is 0 Å². The molecule has 1 saturated heterocycles. The monoisotopic (exact) mass is 368 g/mol. The average molecular weight is 368 g/mol. The summed E-state index contributed by atoms with van der Waals surface area (Å²) in [5, 5.41) is 11.7. The summed E-state index contributed by atoms with van der Waals surface area (Å²) in [6, 6.07) is 6.57. The number of rotatable bonds is 7. The molecule has 8 heteroatoms. The van der Waals surface area contributed by atoms with Crippen LogP contribution in [-0.4, -0.2) is 55.1 Å². The number of carbonyl (C=O) groups excluding carboxylic acids is 1. The molecule has 1 amide bonds. The van der Waals surface area contributed by atoms with Gasteiger partial charge in [-0.2, -0.15) is 0 Å². The maximum atomic E-state index is 12.2. The second-order valence-corrected chi connectivity index (χ2v) is 8.37. The minimum Gasteiger partial charge on any atom is -0.478 e. The molecule has 1 heterocycles. The number of sulfonamides is 1. The van der Waals surface area contributed by atoms with E-state index < -0.39 is 16.0 Å². The third-order valence-corrected chi connectivity index (χ3v) is 6.38. The van der Waals surface area contributed by atoms with Crippen LogP contribution >= 0.6 is 0 Å². The zero-order chi connectivity index (χ0) is 18.4. The number of aromatic carboxylic acids is 1. The summed E-state index contributed by atoms with van der Waals surface area (Å²) in [4.78, 5) is 23.0. The molecule has 138 valence electrons. The van der Waals surface area contributed by atoms with Crippen molar-refractivity contribution in [3.8, 4) is 0 Å². The number of nitrogens with zero attached hydrogens (tertiary/aromatic N) is 1. The third kappa shape index (κ3) is 5.27. The highest BCUT2D eigenvalue weighted by Crippen LogP contribution is 2.20. The molecule has 0 aliphatic carbocycles. The Kier molecular flexibility index (Phi) is 6.55. The summed E-state index contributed by atoms with van der Waals surface area (Å²) in [6.07, 6.45) is 1.70. The van der Waals surface area contributed by atoms with E-state index in [0.29, 0.717) is 38.9 Å². The van der Waals surface area contributed by atoms with Gasteiger partial charge in [-0.15, -0.1) is 0 Å². The topological polar surface area (TPSA) is 104 Å². The first-order valence-electron chi connectivity index (χ1n) is 8.41. The molecular weight excluding hydrogens is 344 g/mol. The van der Waals surface area contributed by atoms with Crippen LogP contribution in [0.15, 0.2) is 24.3 Å². The van der Waals surface area contributed by atoms with E-state index in [1.807, 2.05) is 0 Å². The predicted molar refractivity (Wildman–Crippen MR) is 93.9 cm³/mol. The zero-order valence-electron chi connectivity index (χ0n) is 14.3. The van der Waals surface area contributed by atoms with Crippen LogP contribution in [0.4, 0.5) is 0 Å². The molecule has 0 bridgehead atoms. The normalized spacial score (nSPS) is 16.5. The molecule has 1 fully saturated rings. The molecule has 7 nitrogen and oxygen atoms in total. The van der Waals surface area contributed by atoms with Gasteiger partial charge in [0.2, 0.25) is 15.9 Å². The van der Waals surface area contributed by atoms with Gasteiger partial charge in [0.05, 0.1) is 11.3 Å². The molecule has 1 aromatic rings. The van der Waals surface area contributed by atoms with Crippen LogP contribution in [0.25, 0.3) is 0 Å². The van der Waals surface area contributed by atoms with E-state index in [9.17, 15) is 18.0 Å². The second-order valence-electron chi connectivity index (χ2n) is 6.12. The number of carboxylic acids is 1. The quantitative estimate of drug-likeness (QED) is 0.750. The Hall–Kier alpha value is -1.93. The number of piperidine rings is 1. The Bertz CT molecular complexity index is 707. The Morgan fingerprint density at radius 3 is 2.32 bits per heavy atom. The predicted octanol–water partition coefficient (Wildman–Crippen LogP) is 1.11. The van der Waals surface area contributed by atoms with Gasteiger partial charge < -0.3 is 10.4 Å². The molecule has 0 unspecified atom stereocenters. The van der Waals surface area contributed by atoms with Crippen LogP contribution in [0.2, 0.25) is 0 Å². The fourth-order valence-corrected chi connectivity index (χ4v) is 4.00. The van der Waals surface area contributed by atoms with Gasteiger partial charge in [0.25, 0.3) is 0 Å². The molecular formula is C17H24N2O5S. The average Bonchev–Trinajstić information content (AvgIpc) is 2.62. The summed E-state index contributed by atoms with van der Waals surface area (Å²) in [5.41, 5.74) is 1.19. The van der Waals surface area contributed by atoms with E-state index in [1.165, 1.54) is 4.31 Å². The maximum Gasteiger partial charge on any atom is 0.335 e. The van der Waals surface area contributed by atoms with Crippen molar-refractivity contribution < 1.29 is 23.1 Å². The fraction of sp³-hybridized carbons (Fsp3) is 0.529. The van der Waals surface area contributed by atoms with Crippen molar-refractivity contribution in [2.45, 2.75) is 26.2 Å². The lowest BCUT2D eigenvalue weighted by molar-refractivity contribution is -0.126. The van der Waals surface area contributed by atoms with Crippen molar-refractivity contribution in [2.75, 3.05) is 25.4 Å². The molecule has 25 heavy (non-hydrogen) atoms. The van der Waals surface area contributed by atoms with Gasteiger partial charge in [0, 0.05) is 25.6 Å². The summed E-state index contributed by atoms with van der Waals surface area (Å²) >= 11 is 0. The van der Waals surface area contributed by atoms with E-state index >= 15 is 0 Å². The Morgan fingerprint density at radius 2 is 1.80 bits per heavy atom. The van der Waals surface area contributed by atoms with Crippen molar-refractivity contribution in [3.05, 3.63) is 35.4 Å². The summed E-state index contributed by atoms with van der Waals surface area (Å²) in [7, 11) is -3.17. The van der Waals surface area contributed by atoms with Crippen LogP contribution in [0.3, 0.4) is 0 Å². The zero-order valence-corrected chi connectivity index (χ0v) is 15.1. The first-order valence-corrected chi connectivity index (χ1v) is 10.0. The van der Waals surface area contributed by atoms with Crippen molar-refractivity contribution in [1.82, 2.24) is 9.62 Å². The van der Waals surface area contributed by atoms with Crippen LogP contribution < -0.4 is 5.32 Å². The lowest BCUT2D eigenvalue weighted by Gasteiger charge is -2.30. The molecule has 2 rings (SSSR count). The number of carbonyl (C=O) groups is 2. The lowest BCUT2D eigenvalue weighted by atomic mass is 9.97. The number of carboxylic acid groups (broad SMARTS) is 1. The first-order chi connectivity index (χ1) is 11.8. The number of hydrogen-bond acceptors (Lipinski definition) is 4. The molecule has 1 aromatic carbocycles. The number of amides is 1. The van der Waals surface area contributed by atoms with E-state index in [2.05, 4.69) is 5.32 Å². The van der Waals surface area contributed by atoms with Crippen molar-refractivity contribution in [1.29, 1.82) is 0 Å². The van der Waals surface area contributed by atoms with Crippen molar-refractivity contribution in [3.63, 3.8) is 0 Å². The van der Waals surface area contributed by atoms with Crippen molar-refractivity contribution >= 4 is 21.9 Å². The van der Waals surface area contributed by atoms with E-state index in [1.54, 1.807) is 31.2 Å². The highest BCUT2D eigenvalue weighted by atomic mass is 32.2. The number of nitrogens with one attached hydrogen (secondary N) is 1. The minimum atomic E-state index is -3.17. The number of hydrogen-bond donors (Lipinski definition) is 2. The SMILES string of the molecule is CCS(=O)(=O)N1CCC(C(=O)NCCc2ccc(C(=O)O)cc2)CC1. The minimum absolute atomic E-state index is 0.0456. The van der Waals surface area contributed by atoms with Crippen molar-refractivity contribution in [2.24, 2.45) is 5.92 Å². The molecule has 0 atom stereocenters. The summed E-state index contributed by atoms with van der Waals surface area (Å²) < 4.78 is 25.1. The Morgan fingerprint density at radius 1 is 1.20 bits per heavy atom. The van der Waals surface area contributed by atoms with Crippen LogP contribution in [-0.2, 0) is 21.2 Å². The molecule has 0 aromatic heterocycles. The fourth-order valence-electron chi connectivity index (χ4n) is 2.87. The molecule has 1 aliphatic rings. The molecule has 0 spiro atoms. The number of benzene rings is 1. The van der Waals surface area contributed by atoms with Crippen LogP contribution in [0, 0.1) is 5.92 Å². The Labute approximate surface area is 148 Å². The molecule has 1 aliphatic heterocycles. The highest BCUT2D eigenvalue weighted by Gasteiger charge is 2.29. The van der Waals surface area contributed by atoms with Crippen LogP contribution in [0.1, 0.15) is 35.7 Å². The van der Waals surface area contributed by atoms with E-state index in [4.69, 9.17) is 5.11 Å². The van der Waals surface area contributed by atoms with Gasteiger partial charge in [0.1, 0.15) is 0 Å². The van der Waals surface area contributed by atoms with Gasteiger partial charge in [-0.05, 0) is 43.9 Å². The molecule has 0 saturated carbocycles. The Balaban J connectivity index is 1.75. The molecule has 2 N–H and O–H groups in total. The largest absolute Gasteiger partial charge is 0.478 e. The summed E-state index contributed by atoms with van der Waals surface area (Å²) in [6.45, 7) is 2.88. The van der Waals surface area contributed by atoms with Gasteiger partial charge in [-0.25, -0.2) is 17.5 Å². The maximum absolute atomic E-state index is 12.2. The summed E-state index contributed by atoms with van der Waals surface area (Å²) in [5.74, 6) is -1.07. The smallest absolute Gasteiger partial charge is 0.335 e. The van der Waals surface area contributed by atoms with Gasteiger partial charge in [-0.1, -0.05) is 12.1 Å². The van der Waals surface area contributed by atoms with Gasteiger partial charge in [-0.3, -0.25) is 4.79 Å². The lowest BCUT2D eigenvalue weighted by Crippen LogP contribution is -2.43. The van der Waals surface area contributed by atoms with Gasteiger partial charge >= 0.3 is 5.97 Å². The standard InChI is InChI=1S/C17H24N2O5S/c1-2-25(23,24)19-11-8-14(9-12-19)16(20)18-10-7-13-3-5-15(6-4-13)17(21)22/h3-6,14H,2,7-12H2,1H3,(H,18,20)(H,21,22). The van der Waals surface area contributed by atoms with E-state index in [0.717, 1.165) is 5.56 Å². The third-order valence-electron chi connectivity index (χ3n) is 4.50. The molecule has 0 radical (unpaired) electrons. The highest BCUT2D eigenvalue weighted by molar-refractivity contribution is 7.89.